The summed E-state index contributed by atoms with van der Waals surface area (Å²) in [5.74, 6) is 0. The molecule has 0 bridgehead atoms. The number of aliphatic hydroxyl groups excluding tert-OH is 1. The Morgan fingerprint density at radius 2 is 1.88 bits per heavy atom. The van der Waals surface area contributed by atoms with Gasteiger partial charge in [0.05, 0.1) is 11.6 Å². The van der Waals surface area contributed by atoms with Gasteiger partial charge >= 0.3 is 0 Å². The minimum absolute atomic E-state index is 0.0207. The minimum atomic E-state index is -0.0207. The summed E-state index contributed by atoms with van der Waals surface area (Å²) in [7, 11) is 0. The molecule has 2 nitrogen and oxygen atoms in total. The van der Waals surface area contributed by atoms with Crippen LogP contribution in [-0.2, 0) is 6.61 Å². The highest BCUT2D eigenvalue weighted by Gasteiger charge is 2.05. The third kappa shape index (κ3) is 3.36. The molecule has 0 spiro atoms. The zero-order chi connectivity index (χ0) is 12.3. The smallest absolute Gasteiger partial charge is 0.101 e. The molecule has 0 saturated heterocycles. The number of hydrogen-bond acceptors (Lipinski definition) is 3. The van der Waals surface area contributed by atoms with Gasteiger partial charge in [-0.3, -0.25) is 0 Å². The Morgan fingerprint density at radius 3 is 2.53 bits per heavy atom. The number of aromatic nitrogens is 1. The molecule has 0 unspecified atom stereocenters. The first kappa shape index (κ1) is 12.7. The van der Waals surface area contributed by atoms with Gasteiger partial charge in [-0.2, -0.15) is 0 Å². The van der Waals surface area contributed by atoms with Crippen molar-refractivity contribution >= 4 is 35.0 Å². The normalized spacial score (nSPS) is 10.5. The summed E-state index contributed by atoms with van der Waals surface area (Å²) in [4.78, 5) is 5.08. The van der Waals surface area contributed by atoms with Crippen molar-refractivity contribution in [3.8, 4) is 0 Å². The van der Waals surface area contributed by atoms with E-state index in [1.807, 2.05) is 12.1 Å². The molecule has 0 radical (unpaired) electrons. The van der Waals surface area contributed by atoms with Crippen molar-refractivity contribution in [1.82, 2.24) is 4.98 Å². The molecule has 88 valence electrons. The molecule has 0 atom stereocenters. The molecule has 1 aromatic heterocycles. The first-order valence-electron chi connectivity index (χ1n) is 4.88. The summed E-state index contributed by atoms with van der Waals surface area (Å²) in [6.07, 6.45) is 1.59. The average molecular weight is 286 g/mol. The average Bonchev–Trinajstić information content (AvgIpc) is 2.32. The highest BCUT2D eigenvalue weighted by molar-refractivity contribution is 7.99. The summed E-state index contributed by atoms with van der Waals surface area (Å²) in [6.45, 7) is -0.0207. The topological polar surface area (TPSA) is 33.1 Å². The predicted molar refractivity (Wildman–Crippen MR) is 70.7 cm³/mol. The number of nitrogens with zero attached hydrogens (tertiary/aromatic N) is 1. The fourth-order valence-electron chi connectivity index (χ4n) is 1.29. The van der Waals surface area contributed by atoms with Crippen LogP contribution in [0.3, 0.4) is 0 Å². The van der Waals surface area contributed by atoms with Crippen LogP contribution in [0.25, 0.3) is 0 Å². The van der Waals surface area contributed by atoms with Crippen molar-refractivity contribution < 1.29 is 5.11 Å². The van der Waals surface area contributed by atoms with E-state index in [1.165, 1.54) is 11.8 Å². The maximum Gasteiger partial charge on any atom is 0.101 e. The quantitative estimate of drug-likeness (QED) is 0.924. The van der Waals surface area contributed by atoms with E-state index in [4.69, 9.17) is 23.2 Å². The molecule has 1 N–H and O–H groups in total. The number of pyridine rings is 1. The molecule has 1 aromatic carbocycles. The zero-order valence-corrected chi connectivity index (χ0v) is 11.1. The molecule has 2 aromatic rings. The van der Waals surface area contributed by atoms with E-state index in [0.29, 0.717) is 10.0 Å². The summed E-state index contributed by atoms with van der Waals surface area (Å²) in [5, 5.41) is 11.3. The monoisotopic (exact) mass is 285 g/mol. The molecule has 0 aliphatic carbocycles. The van der Waals surface area contributed by atoms with Crippen LogP contribution >= 0.6 is 35.0 Å². The van der Waals surface area contributed by atoms with E-state index in [2.05, 4.69) is 4.98 Å². The van der Waals surface area contributed by atoms with Crippen LogP contribution in [0, 0.1) is 0 Å². The lowest BCUT2D eigenvalue weighted by atomic mass is 10.2. The largest absolute Gasteiger partial charge is 0.392 e. The number of halogens is 2. The predicted octanol–water partition coefficient (Wildman–Crippen LogP) is 4.03. The van der Waals surface area contributed by atoms with E-state index in [1.54, 1.807) is 24.4 Å². The van der Waals surface area contributed by atoms with Crippen molar-refractivity contribution in [3.63, 3.8) is 0 Å². The maximum atomic E-state index is 9.23. The number of hydrogen-bond donors (Lipinski definition) is 1. The van der Waals surface area contributed by atoms with E-state index >= 15 is 0 Å². The van der Waals surface area contributed by atoms with Gasteiger partial charge in [0.2, 0.25) is 0 Å². The summed E-state index contributed by atoms with van der Waals surface area (Å²) < 4.78 is 0. The van der Waals surface area contributed by atoms with Gasteiger partial charge in [0.25, 0.3) is 0 Å². The summed E-state index contributed by atoms with van der Waals surface area (Å²) >= 11 is 13.1. The molecule has 0 amide bonds. The Balaban J connectivity index is 2.28. The molecule has 0 aliphatic rings. The van der Waals surface area contributed by atoms with Gasteiger partial charge in [0.15, 0.2) is 0 Å². The van der Waals surface area contributed by atoms with E-state index in [-0.39, 0.29) is 6.61 Å². The Labute approximate surface area is 114 Å². The molecule has 1 heterocycles. The second-order valence-corrected chi connectivity index (χ2v) is 5.26. The van der Waals surface area contributed by atoms with Gasteiger partial charge < -0.3 is 5.11 Å². The Bertz CT molecular complexity index is 516. The summed E-state index contributed by atoms with van der Waals surface area (Å²) in [5.41, 5.74) is 0.830. The van der Waals surface area contributed by atoms with Gasteiger partial charge in [-0.1, -0.05) is 41.0 Å². The molecule has 2 rings (SSSR count). The van der Waals surface area contributed by atoms with Crippen molar-refractivity contribution in [2.24, 2.45) is 0 Å². The minimum Gasteiger partial charge on any atom is -0.392 e. The van der Waals surface area contributed by atoms with Gasteiger partial charge in [0, 0.05) is 16.1 Å². The van der Waals surface area contributed by atoms with Crippen molar-refractivity contribution in [3.05, 3.63) is 52.1 Å². The standard InChI is InChI=1S/C12H9Cl2NOS/c13-9-2-1-8(7-16)11(5-9)17-12-4-3-10(14)6-15-12/h1-6,16H,7H2. The maximum absolute atomic E-state index is 9.23. The molecular weight excluding hydrogens is 277 g/mol. The third-order valence-electron chi connectivity index (χ3n) is 2.11. The molecule has 0 fully saturated rings. The third-order valence-corrected chi connectivity index (χ3v) is 3.62. The first-order chi connectivity index (χ1) is 8.19. The van der Waals surface area contributed by atoms with Gasteiger partial charge in [0.1, 0.15) is 5.03 Å². The van der Waals surface area contributed by atoms with Gasteiger partial charge in [-0.25, -0.2) is 4.98 Å². The van der Waals surface area contributed by atoms with E-state index in [0.717, 1.165) is 15.5 Å². The lowest BCUT2D eigenvalue weighted by Crippen LogP contribution is -1.88. The zero-order valence-electron chi connectivity index (χ0n) is 8.73. The molecule has 5 heteroatoms. The van der Waals surface area contributed by atoms with Crippen molar-refractivity contribution in [2.75, 3.05) is 0 Å². The van der Waals surface area contributed by atoms with Gasteiger partial charge in [-0.05, 0) is 29.8 Å². The Morgan fingerprint density at radius 1 is 1.12 bits per heavy atom. The lowest BCUT2D eigenvalue weighted by Gasteiger charge is -2.06. The lowest BCUT2D eigenvalue weighted by molar-refractivity contribution is 0.279. The second kappa shape index (κ2) is 5.74. The van der Waals surface area contributed by atoms with Crippen LogP contribution in [-0.4, -0.2) is 10.1 Å². The van der Waals surface area contributed by atoms with Crippen molar-refractivity contribution in [1.29, 1.82) is 0 Å². The Hall–Kier alpha value is -0.740. The van der Waals surface area contributed by atoms with Crippen molar-refractivity contribution in [2.45, 2.75) is 16.5 Å². The Kier molecular flexibility index (Phi) is 4.29. The first-order valence-corrected chi connectivity index (χ1v) is 6.45. The number of rotatable bonds is 3. The van der Waals surface area contributed by atoms with Crippen LogP contribution in [0.1, 0.15) is 5.56 Å². The van der Waals surface area contributed by atoms with E-state index < -0.39 is 0 Å². The summed E-state index contributed by atoms with van der Waals surface area (Å²) in [6, 6.07) is 8.98. The molecular formula is C12H9Cl2NOS. The van der Waals surface area contributed by atoms with Crippen LogP contribution in [0.5, 0.6) is 0 Å². The van der Waals surface area contributed by atoms with Crippen LogP contribution in [0.15, 0.2) is 46.5 Å². The fourth-order valence-corrected chi connectivity index (χ4v) is 2.55. The number of aliphatic hydroxyl groups is 1. The highest BCUT2D eigenvalue weighted by Crippen LogP contribution is 2.31. The fraction of sp³-hybridized carbons (Fsp3) is 0.0833. The highest BCUT2D eigenvalue weighted by atomic mass is 35.5. The molecule has 0 saturated carbocycles. The van der Waals surface area contributed by atoms with Crippen LogP contribution in [0.4, 0.5) is 0 Å². The molecule has 17 heavy (non-hydrogen) atoms. The second-order valence-electron chi connectivity index (χ2n) is 3.33. The van der Waals surface area contributed by atoms with Crippen LogP contribution in [0.2, 0.25) is 10.0 Å². The SMILES string of the molecule is OCc1ccc(Cl)cc1Sc1ccc(Cl)cn1. The van der Waals surface area contributed by atoms with E-state index in [9.17, 15) is 5.11 Å². The van der Waals surface area contributed by atoms with Crippen LogP contribution < -0.4 is 0 Å². The van der Waals surface area contributed by atoms with Gasteiger partial charge in [-0.15, -0.1) is 0 Å². The number of benzene rings is 1. The molecule has 0 aliphatic heterocycles.